The minimum absolute atomic E-state index is 0.152. The molecule has 2 heteroatoms. The fourth-order valence-electron chi connectivity index (χ4n) is 0. The molecule has 0 aliphatic rings. The molecule has 0 aromatic heterocycles. The van der Waals surface area contributed by atoms with Crippen molar-refractivity contribution < 1.29 is 4.79 Å². The summed E-state index contributed by atoms with van der Waals surface area (Å²) in [6, 6.07) is 0. The van der Waals surface area contributed by atoms with Gasteiger partial charge in [-0.3, -0.25) is 4.79 Å². The monoisotopic (exact) mass is 212 g/mol. The lowest BCUT2D eigenvalue weighted by molar-refractivity contribution is -0.115. The number of hydrogen-bond acceptors (Lipinski definition) is 1. The Morgan fingerprint density at radius 1 is 1.43 bits per heavy atom. The summed E-state index contributed by atoms with van der Waals surface area (Å²) in [7, 11) is 0. The SMILES string of the molecule is CC(C)(C)C(=O)I. The molecule has 0 heterocycles. The van der Waals surface area contributed by atoms with Crippen LogP contribution < -0.4 is 0 Å². The Balaban J connectivity index is 3.79. The first-order chi connectivity index (χ1) is 2.94. The zero-order chi connectivity index (χ0) is 6.08. The molecule has 0 aliphatic carbocycles. The molecule has 0 bridgehead atoms. The highest BCUT2D eigenvalue weighted by atomic mass is 127. The van der Waals surface area contributed by atoms with Crippen LogP contribution in [0.15, 0.2) is 0 Å². The summed E-state index contributed by atoms with van der Waals surface area (Å²) in [6.07, 6.45) is 0. The number of carbonyl (C=O) groups is 1. The first-order valence-corrected chi connectivity index (χ1v) is 3.22. The minimum atomic E-state index is -0.152. The zero-order valence-electron chi connectivity index (χ0n) is 4.79. The van der Waals surface area contributed by atoms with Crippen LogP contribution in [-0.2, 0) is 4.79 Å². The second kappa shape index (κ2) is 2.11. The van der Waals surface area contributed by atoms with Gasteiger partial charge >= 0.3 is 0 Å². The van der Waals surface area contributed by atoms with Gasteiger partial charge in [0.1, 0.15) is 0 Å². The van der Waals surface area contributed by atoms with Crippen molar-refractivity contribution in [2.75, 3.05) is 0 Å². The van der Waals surface area contributed by atoms with Crippen molar-refractivity contribution in [3.05, 3.63) is 0 Å². The van der Waals surface area contributed by atoms with Crippen molar-refractivity contribution in [1.29, 1.82) is 0 Å². The summed E-state index contributed by atoms with van der Waals surface area (Å²) in [6.45, 7) is 5.71. The molecule has 42 valence electrons. The van der Waals surface area contributed by atoms with E-state index in [4.69, 9.17) is 0 Å². The van der Waals surface area contributed by atoms with Gasteiger partial charge in [0.05, 0.1) is 0 Å². The van der Waals surface area contributed by atoms with E-state index in [1.165, 1.54) is 0 Å². The smallest absolute Gasteiger partial charge is 0.197 e. The zero-order valence-corrected chi connectivity index (χ0v) is 6.94. The van der Waals surface area contributed by atoms with Crippen LogP contribution in [0.2, 0.25) is 0 Å². The van der Waals surface area contributed by atoms with Crippen molar-refractivity contribution in [2.24, 2.45) is 5.41 Å². The van der Waals surface area contributed by atoms with Crippen molar-refractivity contribution in [3.63, 3.8) is 0 Å². The predicted molar refractivity (Wildman–Crippen MR) is 38.5 cm³/mol. The van der Waals surface area contributed by atoms with E-state index in [0.717, 1.165) is 0 Å². The standard InChI is InChI=1S/C5H9IO/c1-5(2,3)4(6)7/h1-3H3. The Morgan fingerprint density at radius 3 is 1.57 bits per heavy atom. The average Bonchev–Trinajstić information content (AvgIpc) is 1.31. The number of rotatable bonds is 0. The molecule has 1 nitrogen and oxygen atoms in total. The van der Waals surface area contributed by atoms with Gasteiger partial charge in [0.15, 0.2) is 3.79 Å². The molecule has 0 N–H and O–H groups in total. The molecule has 0 aromatic rings. The maximum absolute atomic E-state index is 10.5. The molecular formula is C5H9IO. The molecule has 0 amide bonds. The van der Waals surface area contributed by atoms with Gasteiger partial charge < -0.3 is 0 Å². The first kappa shape index (κ1) is 7.40. The molecular weight excluding hydrogens is 203 g/mol. The predicted octanol–water partition coefficient (Wildman–Crippen LogP) is 1.99. The summed E-state index contributed by atoms with van der Waals surface area (Å²) in [4.78, 5) is 10.5. The maximum atomic E-state index is 10.5. The van der Waals surface area contributed by atoms with Crippen LogP contribution in [0.5, 0.6) is 0 Å². The summed E-state index contributed by atoms with van der Waals surface area (Å²) < 4.78 is 0.213. The first-order valence-electron chi connectivity index (χ1n) is 2.14. The Hall–Kier alpha value is 0.400. The summed E-state index contributed by atoms with van der Waals surface area (Å²) in [5.74, 6) is 0. The van der Waals surface area contributed by atoms with Crippen molar-refractivity contribution in [3.8, 4) is 0 Å². The summed E-state index contributed by atoms with van der Waals surface area (Å²) in [5, 5.41) is 0. The molecule has 0 fully saturated rings. The molecule has 0 radical (unpaired) electrons. The summed E-state index contributed by atoms with van der Waals surface area (Å²) in [5.41, 5.74) is -0.152. The van der Waals surface area contributed by atoms with E-state index in [9.17, 15) is 4.79 Å². The lowest BCUT2D eigenvalue weighted by Crippen LogP contribution is -2.12. The van der Waals surface area contributed by atoms with E-state index in [2.05, 4.69) is 0 Å². The van der Waals surface area contributed by atoms with Crippen LogP contribution in [0, 0.1) is 5.41 Å². The van der Waals surface area contributed by atoms with E-state index in [1.807, 2.05) is 43.4 Å². The number of carbonyl (C=O) groups excluding carboxylic acids is 1. The van der Waals surface area contributed by atoms with Gasteiger partial charge in [-0.05, 0) is 0 Å². The second-order valence-electron chi connectivity index (χ2n) is 2.52. The normalized spacial score (nSPS) is 11.4. The fourth-order valence-corrected chi connectivity index (χ4v) is 0. The van der Waals surface area contributed by atoms with Crippen LogP contribution in [0.3, 0.4) is 0 Å². The topological polar surface area (TPSA) is 17.1 Å². The van der Waals surface area contributed by atoms with Crippen molar-refractivity contribution in [1.82, 2.24) is 0 Å². The average molecular weight is 212 g/mol. The van der Waals surface area contributed by atoms with Gasteiger partial charge in [-0.1, -0.05) is 20.8 Å². The van der Waals surface area contributed by atoms with Gasteiger partial charge in [-0.25, -0.2) is 0 Å². The van der Waals surface area contributed by atoms with E-state index in [1.54, 1.807) is 0 Å². The Labute approximate surface area is 57.6 Å². The molecule has 7 heavy (non-hydrogen) atoms. The van der Waals surface area contributed by atoms with E-state index >= 15 is 0 Å². The van der Waals surface area contributed by atoms with Gasteiger partial charge in [0, 0.05) is 28.0 Å². The van der Waals surface area contributed by atoms with Crippen molar-refractivity contribution in [2.45, 2.75) is 20.8 Å². The molecule has 0 aromatic carbocycles. The third kappa shape index (κ3) is 3.02. The van der Waals surface area contributed by atoms with E-state index in [0.29, 0.717) is 0 Å². The number of halogens is 1. The van der Waals surface area contributed by atoms with Gasteiger partial charge in [0.25, 0.3) is 0 Å². The van der Waals surface area contributed by atoms with Crippen LogP contribution in [0.25, 0.3) is 0 Å². The van der Waals surface area contributed by atoms with Crippen LogP contribution >= 0.6 is 22.6 Å². The van der Waals surface area contributed by atoms with Crippen LogP contribution in [0.4, 0.5) is 0 Å². The van der Waals surface area contributed by atoms with Gasteiger partial charge in [-0.15, -0.1) is 0 Å². The van der Waals surface area contributed by atoms with E-state index < -0.39 is 0 Å². The number of hydrogen-bond donors (Lipinski definition) is 0. The quantitative estimate of drug-likeness (QED) is 0.443. The largest absolute Gasteiger partial charge is 0.287 e. The lowest BCUT2D eigenvalue weighted by Gasteiger charge is -2.09. The van der Waals surface area contributed by atoms with E-state index in [-0.39, 0.29) is 9.20 Å². The Morgan fingerprint density at radius 2 is 1.57 bits per heavy atom. The molecule has 0 unspecified atom stereocenters. The highest BCUT2D eigenvalue weighted by Gasteiger charge is 2.16. The van der Waals surface area contributed by atoms with Gasteiger partial charge in [0.2, 0.25) is 0 Å². The summed E-state index contributed by atoms with van der Waals surface area (Å²) >= 11 is 1.81. The van der Waals surface area contributed by atoms with Gasteiger partial charge in [-0.2, -0.15) is 0 Å². The molecule has 0 atom stereocenters. The molecule has 0 aliphatic heterocycles. The molecule has 0 saturated carbocycles. The second-order valence-corrected chi connectivity index (χ2v) is 3.50. The highest BCUT2D eigenvalue weighted by molar-refractivity contribution is 14.1. The molecule has 0 rings (SSSR count). The molecule has 0 saturated heterocycles. The lowest BCUT2D eigenvalue weighted by atomic mass is 10.0. The minimum Gasteiger partial charge on any atom is -0.287 e. The van der Waals surface area contributed by atoms with Crippen LogP contribution in [-0.4, -0.2) is 3.79 Å². The third-order valence-electron chi connectivity index (χ3n) is 0.590. The van der Waals surface area contributed by atoms with Crippen molar-refractivity contribution >= 4 is 26.4 Å². The third-order valence-corrected chi connectivity index (χ3v) is 2.21. The van der Waals surface area contributed by atoms with Crippen LogP contribution in [0.1, 0.15) is 20.8 Å². The fraction of sp³-hybridized carbons (Fsp3) is 0.800. The maximum Gasteiger partial charge on any atom is 0.197 e. The highest BCUT2D eigenvalue weighted by Crippen LogP contribution is 2.17. The Kier molecular flexibility index (Phi) is 2.23. The molecule has 0 spiro atoms. The Bertz CT molecular complexity index is 80.6.